The molecule has 0 aliphatic heterocycles. The lowest BCUT2D eigenvalue weighted by Gasteiger charge is -2.07. The SMILES string of the molecule is NS(=O)(=O)c1cccc(CNC(=O)CNCC2CC2)c1. The Morgan fingerprint density at radius 2 is 2.10 bits per heavy atom. The molecule has 0 spiro atoms. The molecule has 2 rings (SSSR count). The van der Waals surface area contributed by atoms with Gasteiger partial charge in [-0.2, -0.15) is 0 Å². The van der Waals surface area contributed by atoms with Gasteiger partial charge in [0.25, 0.3) is 0 Å². The molecular weight excluding hydrogens is 278 g/mol. The Morgan fingerprint density at radius 3 is 2.75 bits per heavy atom. The van der Waals surface area contributed by atoms with Gasteiger partial charge in [-0.05, 0) is 43.0 Å². The lowest BCUT2D eigenvalue weighted by atomic mass is 10.2. The minimum atomic E-state index is -3.71. The highest BCUT2D eigenvalue weighted by Crippen LogP contribution is 2.27. The second kappa shape index (κ2) is 6.34. The number of nitrogens with one attached hydrogen (secondary N) is 2. The van der Waals surface area contributed by atoms with E-state index < -0.39 is 10.0 Å². The van der Waals surface area contributed by atoms with E-state index in [1.165, 1.54) is 25.0 Å². The molecule has 110 valence electrons. The van der Waals surface area contributed by atoms with E-state index in [2.05, 4.69) is 10.6 Å². The van der Waals surface area contributed by atoms with Gasteiger partial charge < -0.3 is 10.6 Å². The van der Waals surface area contributed by atoms with Crippen LogP contribution < -0.4 is 15.8 Å². The van der Waals surface area contributed by atoms with Crippen molar-refractivity contribution in [2.75, 3.05) is 13.1 Å². The number of hydrogen-bond donors (Lipinski definition) is 3. The maximum atomic E-state index is 11.6. The molecule has 6 nitrogen and oxygen atoms in total. The molecule has 7 heteroatoms. The van der Waals surface area contributed by atoms with Crippen LogP contribution in [-0.2, 0) is 21.4 Å². The predicted molar refractivity (Wildman–Crippen MR) is 75.3 cm³/mol. The zero-order valence-corrected chi connectivity index (χ0v) is 11.9. The number of benzene rings is 1. The van der Waals surface area contributed by atoms with Crippen LogP contribution in [0.1, 0.15) is 18.4 Å². The van der Waals surface area contributed by atoms with Gasteiger partial charge in [0, 0.05) is 6.54 Å². The molecular formula is C13H19N3O3S. The quantitative estimate of drug-likeness (QED) is 0.656. The van der Waals surface area contributed by atoms with Gasteiger partial charge in [-0.15, -0.1) is 0 Å². The van der Waals surface area contributed by atoms with E-state index in [1.54, 1.807) is 12.1 Å². The summed E-state index contributed by atoms with van der Waals surface area (Å²) in [5, 5.41) is 10.9. The van der Waals surface area contributed by atoms with Crippen LogP contribution in [0.25, 0.3) is 0 Å². The van der Waals surface area contributed by atoms with Gasteiger partial charge in [0.05, 0.1) is 11.4 Å². The smallest absolute Gasteiger partial charge is 0.238 e. The molecule has 1 amide bonds. The normalized spacial score (nSPS) is 15.1. The van der Waals surface area contributed by atoms with Crippen LogP contribution in [0.2, 0.25) is 0 Å². The summed E-state index contributed by atoms with van der Waals surface area (Å²) in [7, 11) is -3.71. The lowest BCUT2D eigenvalue weighted by molar-refractivity contribution is -0.120. The lowest BCUT2D eigenvalue weighted by Crippen LogP contribution is -2.34. The number of carbonyl (C=O) groups is 1. The van der Waals surface area contributed by atoms with Crippen molar-refractivity contribution < 1.29 is 13.2 Å². The van der Waals surface area contributed by atoms with Crippen LogP contribution in [0.15, 0.2) is 29.2 Å². The summed E-state index contributed by atoms with van der Waals surface area (Å²) in [5.41, 5.74) is 0.701. The fourth-order valence-electron chi connectivity index (χ4n) is 1.81. The topological polar surface area (TPSA) is 101 Å². The van der Waals surface area contributed by atoms with Crippen molar-refractivity contribution >= 4 is 15.9 Å². The largest absolute Gasteiger partial charge is 0.351 e. The number of primary sulfonamides is 1. The first-order chi connectivity index (χ1) is 9.45. The first-order valence-electron chi connectivity index (χ1n) is 6.54. The fraction of sp³-hybridized carbons (Fsp3) is 0.462. The highest BCUT2D eigenvalue weighted by molar-refractivity contribution is 7.89. The van der Waals surface area contributed by atoms with Crippen molar-refractivity contribution in [3.8, 4) is 0 Å². The first kappa shape index (κ1) is 15.0. The molecule has 0 saturated heterocycles. The van der Waals surface area contributed by atoms with Crippen LogP contribution in [0, 0.1) is 5.92 Å². The summed E-state index contributed by atoms with van der Waals surface area (Å²) in [6, 6.07) is 6.24. The number of sulfonamides is 1. The second-order valence-corrected chi connectivity index (χ2v) is 6.60. The Bertz CT molecular complexity index is 582. The molecule has 1 fully saturated rings. The van der Waals surface area contributed by atoms with Crippen LogP contribution in [0.4, 0.5) is 0 Å². The van der Waals surface area contributed by atoms with Gasteiger partial charge in [0.15, 0.2) is 0 Å². The predicted octanol–water partition coefficient (Wildman–Crippen LogP) is -0.0502. The van der Waals surface area contributed by atoms with Gasteiger partial charge >= 0.3 is 0 Å². The molecule has 1 aliphatic rings. The Morgan fingerprint density at radius 1 is 1.35 bits per heavy atom. The molecule has 0 aromatic heterocycles. The van der Waals surface area contributed by atoms with E-state index in [0.29, 0.717) is 5.56 Å². The van der Waals surface area contributed by atoms with E-state index in [0.717, 1.165) is 12.5 Å². The molecule has 1 aromatic carbocycles. The first-order valence-corrected chi connectivity index (χ1v) is 8.09. The van der Waals surface area contributed by atoms with Crippen molar-refractivity contribution in [3.63, 3.8) is 0 Å². The zero-order valence-electron chi connectivity index (χ0n) is 11.1. The second-order valence-electron chi connectivity index (χ2n) is 5.04. The van der Waals surface area contributed by atoms with E-state index in [9.17, 15) is 13.2 Å². The van der Waals surface area contributed by atoms with Crippen LogP contribution in [0.3, 0.4) is 0 Å². The molecule has 0 radical (unpaired) electrons. The van der Waals surface area contributed by atoms with Gasteiger partial charge in [-0.3, -0.25) is 4.79 Å². The van der Waals surface area contributed by atoms with Gasteiger partial charge in [-0.25, -0.2) is 13.6 Å². The van der Waals surface area contributed by atoms with Crippen molar-refractivity contribution in [3.05, 3.63) is 29.8 Å². The summed E-state index contributed by atoms with van der Waals surface area (Å²) in [6.45, 7) is 1.45. The molecule has 0 bridgehead atoms. The fourth-order valence-corrected chi connectivity index (χ4v) is 2.39. The molecule has 0 unspecified atom stereocenters. The van der Waals surface area contributed by atoms with Crippen LogP contribution in [-0.4, -0.2) is 27.4 Å². The average molecular weight is 297 g/mol. The molecule has 0 heterocycles. The maximum Gasteiger partial charge on any atom is 0.238 e. The van der Waals surface area contributed by atoms with Crippen LogP contribution >= 0.6 is 0 Å². The number of nitrogens with two attached hydrogens (primary N) is 1. The highest BCUT2D eigenvalue weighted by Gasteiger charge is 2.20. The van der Waals surface area contributed by atoms with E-state index in [4.69, 9.17) is 5.14 Å². The highest BCUT2D eigenvalue weighted by atomic mass is 32.2. The molecule has 1 aromatic rings. The van der Waals surface area contributed by atoms with E-state index in [-0.39, 0.29) is 23.9 Å². The number of amides is 1. The standard InChI is InChI=1S/C13H19N3O3S/c14-20(18,19)12-3-1-2-11(6-12)8-16-13(17)9-15-7-10-4-5-10/h1-3,6,10,15H,4-5,7-9H2,(H,16,17)(H2,14,18,19). The van der Waals surface area contributed by atoms with Crippen molar-refractivity contribution in [2.24, 2.45) is 11.1 Å². The summed E-state index contributed by atoms with van der Waals surface area (Å²) >= 11 is 0. The third-order valence-corrected chi connectivity index (χ3v) is 4.04. The van der Waals surface area contributed by atoms with Crippen molar-refractivity contribution in [2.45, 2.75) is 24.3 Å². The van der Waals surface area contributed by atoms with E-state index >= 15 is 0 Å². The Hall–Kier alpha value is -1.44. The Kier molecular flexibility index (Phi) is 4.74. The van der Waals surface area contributed by atoms with Gasteiger partial charge in [0.1, 0.15) is 0 Å². The number of carbonyl (C=O) groups excluding carboxylic acids is 1. The minimum Gasteiger partial charge on any atom is -0.351 e. The van der Waals surface area contributed by atoms with Crippen molar-refractivity contribution in [1.29, 1.82) is 0 Å². The monoisotopic (exact) mass is 297 g/mol. The molecule has 0 atom stereocenters. The molecule has 4 N–H and O–H groups in total. The van der Waals surface area contributed by atoms with Crippen molar-refractivity contribution in [1.82, 2.24) is 10.6 Å². The minimum absolute atomic E-state index is 0.0520. The van der Waals surface area contributed by atoms with Gasteiger partial charge in [-0.1, -0.05) is 12.1 Å². The maximum absolute atomic E-state index is 11.6. The molecule has 1 saturated carbocycles. The molecule has 1 aliphatic carbocycles. The Labute approximate surface area is 118 Å². The summed E-state index contributed by atoms with van der Waals surface area (Å²) < 4.78 is 22.4. The zero-order chi connectivity index (χ0) is 14.6. The number of hydrogen-bond acceptors (Lipinski definition) is 4. The van der Waals surface area contributed by atoms with Gasteiger partial charge in [0.2, 0.25) is 15.9 Å². The summed E-state index contributed by atoms with van der Waals surface area (Å²) in [4.78, 5) is 11.6. The average Bonchev–Trinajstić information content (AvgIpc) is 3.20. The van der Waals surface area contributed by atoms with E-state index in [1.807, 2.05) is 0 Å². The summed E-state index contributed by atoms with van der Waals surface area (Å²) in [5.74, 6) is 0.626. The summed E-state index contributed by atoms with van der Waals surface area (Å²) in [6.07, 6.45) is 2.49. The number of rotatable bonds is 7. The third-order valence-electron chi connectivity index (χ3n) is 3.13. The molecule has 20 heavy (non-hydrogen) atoms. The van der Waals surface area contributed by atoms with Crippen LogP contribution in [0.5, 0.6) is 0 Å². The third kappa shape index (κ3) is 4.92. The Balaban J connectivity index is 1.79.